The molecule has 2 N–H and O–H groups in total. The van der Waals surface area contributed by atoms with Crippen LogP contribution in [0.3, 0.4) is 0 Å². The number of benzene rings is 1. The number of nitrogens with zero attached hydrogens (tertiary/aromatic N) is 2. The Morgan fingerprint density at radius 3 is 2.67 bits per heavy atom. The van der Waals surface area contributed by atoms with E-state index in [1.807, 2.05) is 6.92 Å². The Morgan fingerprint density at radius 1 is 1.33 bits per heavy atom. The molecule has 0 aliphatic heterocycles. The van der Waals surface area contributed by atoms with Crippen LogP contribution in [-0.2, 0) is 19.1 Å². The molecule has 0 fully saturated rings. The number of H-pyrrole nitrogens is 1. The van der Waals surface area contributed by atoms with Crippen LogP contribution < -0.4 is 5.32 Å². The first kappa shape index (κ1) is 15.0. The van der Waals surface area contributed by atoms with E-state index in [0.29, 0.717) is 12.2 Å². The van der Waals surface area contributed by atoms with E-state index in [-0.39, 0.29) is 17.9 Å². The fraction of sp³-hybridized carbons (Fsp3) is 0.308. The van der Waals surface area contributed by atoms with Crippen LogP contribution in [0.1, 0.15) is 34.5 Å². The summed E-state index contributed by atoms with van der Waals surface area (Å²) in [5.41, 5.74) is -0.779. The first-order valence-corrected chi connectivity index (χ1v) is 6.26. The Kier molecular flexibility index (Phi) is 4.25. The van der Waals surface area contributed by atoms with Crippen molar-refractivity contribution in [3.8, 4) is 0 Å². The van der Waals surface area contributed by atoms with E-state index in [2.05, 4.69) is 20.5 Å². The van der Waals surface area contributed by atoms with Crippen LogP contribution >= 0.6 is 0 Å². The van der Waals surface area contributed by atoms with Crippen molar-refractivity contribution in [3.63, 3.8) is 0 Å². The second-order valence-electron chi connectivity index (χ2n) is 4.30. The van der Waals surface area contributed by atoms with Gasteiger partial charge >= 0.3 is 6.18 Å². The van der Waals surface area contributed by atoms with Crippen molar-refractivity contribution in [2.24, 2.45) is 0 Å². The van der Waals surface area contributed by atoms with E-state index < -0.39 is 17.6 Å². The number of carbonyl (C=O) groups excluding carboxylic acids is 1. The van der Waals surface area contributed by atoms with E-state index in [1.54, 1.807) is 0 Å². The fourth-order valence-electron chi connectivity index (χ4n) is 1.76. The molecule has 0 spiro atoms. The fourth-order valence-corrected chi connectivity index (χ4v) is 1.76. The molecular weight excluding hydrogens is 285 g/mol. The third kappa shape index (κ3) is 3.59. The largest absolute Gasteiger partial charge is 0.416 e. The average molecular weight is 298 g/mol. The van der Waals surface area contributed by atoms with E-state index in [9.17, 15) is 18.0 Å². The average Bonchev–Trinajstić information content (AvgIpc) is 2.93. The highest BCUT2D eigenvalue weighted by Crippen LogP contribution is 2.31. The van der Waals surface area contributed by atoms with Gasteiger partial charge < -0.3 is 5.32 Å². The first-order chi connectivity index (χ1) is 9.91. The second-order valence-corrected chi connectivity index (χ2v) is 4.30. The van der Waals surface area contributed by atoms with Crippen molar-refractivity contribution in [2.75, 3.05) is 0 Å². The van der Waals surface area contributed by atoms with Crippen LogP contribution in [0.5, 0.6) is 0 Å². The normalized spacial score (nSPS) is 11.4. The molecule has 0 bridgehead atoms. The van der Waals surface area contributed by atoms with Crippen LogP contribution in [0.25, 0.3) is 0 Å². The highest BCUT2D eigenvalue weighted by molar-refractivity contribution is 5.90. The van der Waals surface area contributed by atoms with Gasteiger partial charge in [-0.1, -0.05) is 25.1 Å². The first-order valence-electron chi connectivity index (χ1n) is 6.26. The summed E-state index contributed by atoms with van der Waals surface area (Å²) in [5.74, 6) is -0.171. The lowest BCUT2D eigenvalue weighted by molar-refractivity contribution is -0.138. The maximum atomic E-state index is 12.8. The van der Waals surface area contributed by atoms with Crippen molar-refractivity contribution < 1.29 is 18.0 Å². The number of aromatic amines is 1. The van der Waals surface area contributed by atoms with Gasteiger partial charge in [-0.25, -0.2) is 4.98 Å². The SMILES string of the molecule is CCc1nc(C(=O)NCc2ccccc2C(F)(F)F)n[nH]1. The van der Waals surface area contributed by atoms with Crippen molar-refractivity contribution in [1.29, 1.82) is 0 Å². The standard InChI is InChI=1S/C13H13F3N4O/c1-2-10-18-11(20-19-10)12(21)17-7-8-5-3-4-6-9(8)13(14,15)16/h3-6H,2,7H2,1H3,(H,17,21)(H,18,19,20). The predicted octanol–water partition coefficient (Wildman–Crippen LogP) is 2.32. The Bertz CT molecular complexity index is 636. The third-order valence-electron chi connectivity index (χ3n) is 2.83. The topological polar surface area (TPSA) is 70.7 Å². The molecule has 0 saturated carbocycles. The number of aryl methyl sites for hydroxylation is 1. The van der Waals surface area contributed by atoms with E-state index in [0.717, 1.165) is 6.07 Å². The monoisotopic (exact) mass is 298 g/mol. The summed E-state index contributed by atoms with van der Waals surface area (Å²) < 4.78 is 38.4. The zero-order valence-corrected chi connectivity index (χ0v) is 11.2. The molecule has 21 heavy (non-hydrogen) atoms. The lowest BCUT2D eigenvalue weighted by Gasteiger charge is -2.12. The maximum Gasteiger partial charge on any atom is 0.416 e. The minimum Gasteiger partial charge on any atom is -0.345 e. The number of aromatic nitrogens is 3. The highest BCUT2D eigenvalue weighted by Gasteiger charge is 2.32. The maximum absolute atomic E-state index is 12.8. The van der Waals surface area contributed by atoms with E-state index >= 15 is 0 Å². The quantitative estimate of drug-likeness (QED) is 0.910. The van der Waals surface area contributed by atoms with Gasteiger partial charge in [0.1, 0.15) is 5.82 Å². The van der Waals surface area contributed by atoms with Gasteiger partial charge in [-0.2, -0.15) is 13.2 Å². The molecule has 2 rings (SSSR count). The molecule has 112 valence electrons. The molecule has 0 unspecified atom stereocenters. The Labute approximate surface area is 118 Å². The van der Waals surface area contributed by atoms with Crippen molar-refractivity contribution in [2.45, 2.75) is 26.1 Å². The smallest absolute Gasteiger partial charge is 0.345 e. The number of amides is 1. The van der Waals surface area contributed by atoms with Gasteiger partial charge in [-0.3, -0.25) is 9.89 Å². The van der Waals surface area contributed by atoms with Crippen molar-refractivity contribution >= 4 is 5.91 Å². The summed E-state index contributed by atoms with van der Waals surface area (Å²) in [6, 6.07) is 5.08. The number of hydrogen-bond donors (Lipinski definition) is 2. The summed E-state index contributed by atoms with van der Waals surface area (Å²) in [6.07, 6.45) is -3.88. The number of rotatable bonds is 4. The summed E-state index contributed by atoms with van der Waals surface area (Å²) in [5, 5.41) is 8.65. The van der Waals surface area contributed by atoms with Gasteiger partial charge in [0, 0.05) is 13.0 Å². The number of halogens is 3. The van der Waals surface area contributed by atoms with E-state index in [4.69, 9.17) is 0 Å². The zero-order valence-electron chi connectivity index (χ0n) is 11.2. The summed E-state index contributed by atoms with van der Waals surface area (Å²) in [7, 11) is 0. The molecule has 0 aliphatic rings. The van der Waals surface area contributed by atoms with E-state index in [1.165, 1.54) is 18.2 Å². The molecule has 2 aromatic rings. The molecule has 0 saturated heterocycles. The number of carbonyl (C=O) groups is 1. The van der Waals surface area contributed by atoms with Gasteiger partial charge in [-0.05, 0) is 11.6 Å². The van der Waals surface area contributed by atoms with Gasteiger partial charge in [0.25, 0.3) is 5.91 Å². The molecule has 0 radical (unpaired) electrons. The molecule has 0 aliphatic carbocycles. The van der Waals surface area contributed by atoms with Crippen LogP contribution in [0.4, 0.5) is 13.2 Å². The minimum atomic E-state index is -4.46. The van der Waals surface area contributed by atoms with Crippen molar-refractivity contribution in [3.05, 3.63) is 47.0 Å². The molecule has 0 atom stereocenters. The van der Waals surface area contributed by atoms with Gasteiger partial charge in [0.2, 0.25) is 5.82 Å². The Morgan fingerprint density at radius 2 is 2.05 bits per heavy atom. The van der Waals surface area contributed by atoms with Crippen LogP contribution in [-0.4, -0.2) is 21.1 Å². The Balaban J connectivity index is 2.08. The lowest BCUT2D eigenvalue weighted by atomic mass is 10.1. The Hall–Kier alpha value is -2.38. The number of nitrogens with one attached hydrogen (secondary N) is 2. The molecule has 1 aromatic carbocycles. The lowest BCUT2D eigenvalue weighted by Crippen LogP contribution is -2.25. The highest BCUT2D eigenvalue weighted by atomic mass is 19.4. The minimum absolute atomic E-state index is 0.00963. The van der Waals surface area contributed by atoms with Gasteiger partial charge in [0.05, 0.1) is 5.56 Å². The van der Waals surface area contributed by atoms with Crippen LogP contribution in [0.2, 0.25) is 0 Å². The summed E-state index contributed by atoms with van der Waals surface area (Å²) >= 11 is 0. The van der Waals surface area contributed by atoms with Crippen LogP contribution in [0, 0.1) is 0 Å². The van der Waals surface area contributed by atoms with Crippen molar-refractivity contribution in [1.82, 2.24) is 20.5 Å². The summed E-state index contributed by atoms with van der Waals surface area (Å²) in [4.78, 5) is 15.7. The van der Waals surface area contributed by atoms with Gasteiger partial charge in [0.15, 0.2) is 0 Å². The van der Waals surface area contributed by atoms with Crippen LogP contribution in [0.15, 0.2) is 24.3 Å². The molecule has 1 aromatic heterocycles. The third-order valence-corrected chi connectivity index (χ3v) is 2.83. The second kappa shape index (κ2) is 5.94. The molecule has 1 amide bonds. The summed E-state index contributed by atoms with van der Waals surface area (Å²) in [6.45, 7) is 1.59. The molecule has 8 heteroatoms. The number of hydrogen-bond acceptors (Lipinski definition) is 3. The molecular formula is C13H13F3N4O. The molecule has 1 heterocycles. The number of alkyl halides is 3. The van der Waals surface area contributed by atoms with Gasteiger partial charge in [-0.15, -0.1) is 5.10 Å². The zero-order chi connectivity index (χ0) is 15.5. The predicted molar refractivity (Wildman–Crippen MR) is 68.4 cm³/mol. The molecule has 5 nitrogen and oxygen atoms in total.